The molecule has 2 amide bonds. The number of carbonyl (C=O) groups excluding carboxylic acids is 3. The second-order valence-electron chi connectivity index (χ2n) is 6.97. The maximum atomic E-state index is 12.5. The summed E-state index contributed by atoms with van der Waals surface area (Å²) in [7, 11) is 0. The first-order valence-corrected chi connectivity index (χ1v) is 9.01. The molecule has 1 aromatic rings. The third-order valence-electron chi connectivity index (χ3n) is 4.51. The van der Waals surface area contributed by atoms with Gasteiger partial charge in [0.1, 0.15) is 4.33 Å². The molecule has 0 saturated heterocycles. The van der Waals surface area contributed by atoms with Crippen molar-refractivity contribution in [2.75, 3.05) is 13.2 Å². The lowest BCUT2D eigenvalue weighted by molar-refractivity contribution is 0.0485. The molecule has 1 aromatic carbocycles. The number of carbonyl (C=O) groups is 3. The molecule has 1 saturated carbocycles. The van der Waals surface area contributed by atoms with Crippen molar-refractivity contribution in [3.63, 3.8) is 0 Å². The van der Waals surface area contributed by atoms with Crippen molar-refractivity contribution in [2.45, 2.75) is 31.0 Å². The molecule has 1 fully saturated rings. The van der Waals surface area contributed by atoms with Crippen LogP contribution in [0.15, 0.2) is 18.2 Å². The number of amides is 2. The summed E-state index contributed by atoms with van der Waals surface area (Å²) < 4.78 is 4.39. The van der Waals surface area contributed by atoms with Crippen molar-refractivity contribution in [2.24, 2.45) is 11.8 Å². The summed E-state index contributed by atoms with van der Waals surface area (Å²) in [6, 6.07) is 4.43. The monoisotopic (exact) mass is 383 g/mol. The summed E-state index contributed by atoms with van der Waals surface area (Å²) in [6.07, 6.45) is 1.33. The van der Waals surface area contributed by atoms with Crippen molar-refractivity contribution in [1.29, 1.82) is 0 Å². The highest BCUT2D eigenvalue weighted by Gasteiger charge is 2.52. The van der Waals surface area contributed by atoms with Crippen LogP contribution in [0.5, 0.6) is 0 Å². The van der Waals surface area contributed by atoms with Gasteiger partial charge in [0.15, 0.2) is 0 Å². The van der Waals surface area contributed by atoms with Gasteiger partial charge in [0.05, 0.1) is 23.3 Å². The van der Waals surface area contributed by atoms with Gasteiger partial charge in [0, 0.05) is 12.5 Å². The van der Waals surface area contributed by atoms with E-state index in [1.165, 1.54) is 23.1 Å². The van der Waals surface area contributed by atoms with Gasteiger partial charge in [-0.2, -0.15) is 0 Å². The highest BCUT2D eigenvalue weighted by molar-refractivity contribution is 6.50. The molecule has 1 atom stereocenters. The SMILES string of the molecule is CC(C)CCN1C(=O)c2ccc(C(=O)OC[C@@H]3CC3(Cl)Cl)cc2C1=O. The second-order valence-corrected chi connectivity index (χ2v) is 8.51. The van der Waals surface area contributed by atoms with Gasteiger partial charge in [0.2, 0.25) is 0 Å². The lowest BCUT2D eigenvalue weighted by Gasteiger charge is -2.14. The smallest absolute Gasteiger partial charge is 0.338 e. The van der Waals surface area contributed by atoms with Crippen molar-refractivity contribution in [3.8, 4) is 0 Å². The Balaban J connectivity index is 1.70. The summed E-state index contributed by atoms with van der Waals surface area (Å²) in [5, 5.41) is 0. The number of esters is 1. The number of rotatable bonds is 6. The van der Waals surface area contributed by atoms with Gasteiger partial charge in [-0.05, 0) is 37.0 Å². The van der Waals surface area contributed by atoms with Crippen LogP contribution in [0, 0.1) is 11.8 Å². The molecule has 1 heterocycles. The first-order valence-electron chi connectivity index (χ1n) is 8.26. The lowest BCUT2D eigenvalue weighted by Crippen LogP contribution is -2.31. The predicted molar refractivity (Wildman–Crippen MR) is 94.1 cm³/mol. The summed E-state index contributed by atoms with van der Waals surface area (Å²) in [6.45, 7) is 4.57. The maximum Gasteiger partial charge on any atom is 0.338 e. The number of benzene rings is 1. The third-order valence-corrected chi connectivity index (χ3v) is 5.43. The number of hydrogen-bond acceptors (Lipinski definition) is 4. The Hall–Kier alpha value is -1.59. The van der Waals surface area contributed by atoms with Crippen LogP contribution in [0.25, 0.3) is 0 Å². The van der Waals surface area contributed by atoms with E-state index in [0.717, 1.165) is 6.42 Å². The Morgan fingerprint density at radius 3 is 2.52 bits per heavy atom. The van der Waals surface area contributed by atoms with Crippen LogP contribution in [-0.4, -0.2) is 40.2 Å². The number of hydrogen-bond donors (Lipinski definition) is 0. The Morgan fingerprint density at radius 1 is 1.28 bits per heavy atom. The highest BCUT2D eigenvalue weighted by Crippen LogP contribution is 2.53. The first-order chi connectivity index (χ1) is 11.7. The molecule has 1 aliphatic heterocycles. The zero-order valence-corrected chi connectivity index (χ0v) is 15.6. The molecule has 0 radical (unpaired) electrons. The molecule has 25 heavy (non-hydrogen) atoms. The molecule has 1 aliphatic carbocycles. The van der Waals surface area contributed by atoms with E-state index in [4.69, 9.17) is 27.9 Å². The van der Waals surface area contributed by atoms with Gasteiger partial charge < -0.3 is 4.74 Å². The van der Waals surface area contributed by atoms with E-state index in [9.17, 15) is 14.4 Å². The molecule has 7 heteroatoms. The Labute approximate surface area is 156 Å². The highest BCUT2D eigenvalue weighted by atomic mass is 35.5. The summed E-state index contributed by atoms with van der Waals surface area (Å²) in [5.41, 5.74) is 0.813. The van der Waals surface area contributed by atoms with E-state index in [2.05, 4.69) is 0 Å². The summed E-state index contributed by atoms with van der Waals surface area (Å²) in [5.74, 6) is -0.914. The molecule has 134 valence electrons. The second kappa shape index (κ2) is 6.61. The summed E-state index contributed by atoms with van der Waals surface area (Å²) in [4.78, 5) is 38.2. The molecule has 0 unspecified atom stereocenters. The minimum Gasteiger partial charge on any atom is -0.462 e. The fourth-order valence-corrected chi connectivity index (χ4v) is 3.22. The van der Waals surface area contributed by atoms with Gasteiger partial charge in [-0.25, -0.2) is 4.79 Å². The van der Waals surface area contributed by atoms with Crippen molar-refractivity contribution < 1.29 is 19.1 Å². The van der Waals surface area contributed by atoms with Crippen LogP contribution >= 0.6 is 23.2 Å². The normalized spacial score (nSPS) is 20.8. The van der Waals surface area contributed by atoms with E-state index in [1.54, 1.807) is 0 Å². The first kappa shape index (κ1) is 18.2. The minimum atomic E-state index is -0.808. The molecule has 0 aromatic heterocycles. The van der Waals surface area contributed by atoms with Crippen LogP contribution < -0.4 is 0 Å². The molecule has 3 rings (SSSR count). The van der Waals surface area contributed by atoms with E-state index < -0.39 is 10.3 Å². The molecular weight excluding hydrogens is 365 g/mol. The zero-order valence-electron chi connectivity index (χ0n) is 14.1. The fraction of sp³-hybridized carbons (Fsp3) is 0.500. The quantitative estimate of drug-likeness (QED) is 0.427. The van der Waals surface area contributed by atoms with Crippen molar-refractivity contribution in [3.05, 3.63) is 34.9 Å². The van der Waals surface area contributed by atoms with Gasteiger partial charge >= 0.3 is 5.97 Å². The number of fused-ring (bicyclic) bond motifs is 1. The minimum absolute atomic E-state index is 0.0658. The van der Waals surface area contributed by atoms with Crippen LogP contribution in [0.3, 0.4) is 0 Å². The standard InChI is InChI=1S/C18H19Cl2NO4/c1-10(2)5-6-21-15(22)13-4-3-11(7-14(13)16(21)23)17(24)25-9-12-8-18(12,19)20/h3-4,7,10,12H,5-6,8-9H2,1-2H3/t12-/m0/s1. The number of halogens is 2. The molecule has 0 bridgehead atoms. The van der Waals surface area contributed by atoms with Crippen LogP contribution in [0.2, 0.25) is 0 Å². The van der Waals surface area contributed by atoms with E-state index in [-0.39, 0.29) is 35.5 Å². The molecule has 0 N–H and O–H groups in total. The predicted octanol–water partition coefficient (Wildman–Crippen LogP) is 3.68. The molecule has 0 spiro atoms. The maximum absolute atomic E-state index is 12.5. The van der Waals surface area contributed by atoms with Crippen LogP contribution in [0.1, 0.15) is 57.8 Å². The Bertz CT molecular complexity index is 745. The molecule has 5 nitrogen and oxygen atoms in total. The van der Waals surface area contributed by atoms with Gasteiger partial charge in [-0.15, -0.1) is 23.2 Å². The topological polar surface area (TPSA) is 63.7 Å². The third kappa shape index (κ3) is 3.67. The van der Waals surface area contributed by atoms with Gasteiger partial charge in [-0.1, -0.05) is 13.8 Å². The number of ether oxygens (including phenoxy) is 1. The Morgan fingerprint density at radius 2 is 1.92 bits per heavy atom. The molecular formula is C18H19Cl2NO4. The average molecular weight is 384 g/mol. The van der Waals surface area contributed by atoms with E-state index >= 15 is 0 Å². The number of alkyl halides is 2. The van der Waals surface area contributed by atoms with Crippen molar-refractivity contribution >= 4 is 41.0 Å². The van der Waals surface area contributed by atoms with Gasteiger partial charge in [0.25, 0.3) is 11.8 Å². The van der Waals surface area contributed by atoms with Crippen LogP contribution in [0.4, 0.5) is 0 Å². The van der Waals surface area contributed by atoms with E-state index in [0.29, 0.717) is 24.4 Å². The number of nitrogens with zero attached hydrogens (tertiary/aromatic N) is 1. The lowest BCUT2D eigenvalue weighted by atomic mass is 10.1. The average Bonchev–Trinajstić information content (AvgIpc) is 3.10. The summed E-state index contributed by atoms with van der Waals surface area (Å²) >= 11 is 11.8. The van der Waals surface area contributed by atoms with Crippen LogP contribution in [-0.2, 0) is 4.74 Å². The Kier molecular flexibility index (Phi) is 4.82. The number of imide groups is 1. The van der Waals surface area contributed by atoms with Gasteiger partial charge in [-0.3, -0.25) is 14.5 Å². The van der Waals surface area contributed by atoms with E-state index in [1.807, 2.05) is 13.8 Å². The fourth-order valence-electron chi connectivity index (χ4n) is 2.72. The molecule has 2 aliphatic rings. The largest absolute Gasteiger partial charge is 0.462 e. The van der Waals surface area contributed by atoms with Crippen molar-refractivity contribution in [1.82, 2.24) is 4.90 Å². The zero-order chi connectivity index (χ0) is 18.4.